The molecule has 4 nitrogen and oxygen atoms in total. The maximum absolute atomic E-state index is 13.5. The Bertz CT molecular complexity index is 566. The van der Waals surface area contributed by atoms with E-state index in [4.69, 9.17) is 0 Å². The molecule has 1 aromatic carbocycles. The minimum atomic E-state index is -1.14. The second-order valence-corrected chi connectivity index (χ2v) is 4.27. The normalized spacial score (nSPS) is 14.5. The van der Waals surface area contributed by atoms with Gasteiger partial charge in [0.05, 0.1) is 6.20 Å². The van der Waals surface area contributed by atoms with Crippen LogP contribution in [0.1, 0.15) is 26.0 Å². The van der Waals surface area contributed by atoms with E-state index in [1.807, 2.05) is 0 Å². The van der Waals surface area contributed by atoms with Crippen LogP contribution in [0.25, 0.3) is 5.69 Å². The van der Waals surface area contributed by atoms with Gasteiger partial charge in [-0.25, -0.2) is 13.5 Å². The summed E-state index contributed by atoms with van der Waals surface area (Å²) in [5, 5.41) is 17.5. The molecule has 1 atom stereocenters. The van der Waals surface area contributed by atoms with Crippen molar-refractivity contribution >= 4 is 0 Å². The van der Waals surface area contributed by atoms with Crippen LogP contribution in [0.5, 0.6) is 0 Å². The molecule has 0 spiro atoms. The Balaban J connectivity index is 2.44. The third-order valence-corrected chi connectivity index (χ3v) is 2.89. The second kappa shape index (κ2) is 4.45. The van der Waals surface area contributed by atoms with Crippen LogP contribution in [-0.2, 0) is 5.60 Å². The lowest BCUT2D eigenvalue weighted by molar-refractivity contribution is 0.0484. The molecule has 1 aromatic heterocycles. The van der Waals surface area contributed by atoms with Gasteiger partial charge in [0, 0.05) is 6.07 Å². The molecule has 1 N–H and O–H groups in total. The van der Waals surface area contributed by atoms with Crippen LogP contribution < -0.4 is 0 Å². The zero-order valence-corrected chi connectivity index (χ0v) is 10.1. The summed E-state index contributed by atoms with van der Waals surface area (Å²) < 4.78 is 27.7. The van der Waals surface area contributed by atoms with Crippen LogP contribution in [0.15, 0.2) is 24.4 Å². The number of aliphatic hydroxyl groups is 1. The summed E-state index contributed by atoms with van der Waals surface area (Å²) in [6.07, 6.45) is 1.83. The smallest absolute Gasteiger partial charge is 0.149 e. The van der Waals surface area contributed by atoms with Gasteiger partial charge in [0.2, 0.25) is 0 Å². The predicted octanol–water partition coefficient (Wildman–Crippen LogP) is 2.16. The highest BCUT2D eigenvalue weighted by atomic mass is 19.1. The standard InChI is InChI=1S/C12H13F2N3O/c1-3-12(2,18)11-7-17(16-15-11)10-6-8(13)4-5-9(10)14/h4-7,18H,3H2,1-2H3. The molecule has 6 heteroatoms. The van der Waals surface area contributed by atoms with Crippen molar-refractivity contribution in [1.29, 1.82) is 0 Å². The van der Waals surface area contributed by atoms with Crippen molar-refractivity contribution in [3.8, 4) is 5.69 Å². The highest BCUT2D eigenvalue weighted by molar-refractivity contribution is 5.33. The van der Waals surface area contributed by atoms with E-state index in [-0.39, 0.29) is 5.69 Å². The van der Waals surface area contributed by atoms with Gasteiger partial charge in [-0.15, -0.1) is 5.10 Å². The molecule has 18 heavy (non-hydrogen) atoms. The lowest BCUT2D eigenvalue weighted by Gasteiger charge is -2.16. The Morgan fingerprint density at radius 3 is 2.78 bits per heavy atom. The topological polar surface area (TPSA) is 50.9 Å². The average Bonchev–Trinajstić information content (AvgIpc) is 2.82. The lowest BCUT2D eigenvalue weighted by Crippen LogP contribution is -2.20. The third-order valence-electron chi connectivity index (χ3n) is 2.89. The summed E-state index contributed by atoms with van der Waals surface area (Å²) in [6, 6.07) is 3.07. The van der Waals surface area contributed by atoms with E-state index in [1.54, 1.807) is 13.8 Å². The fraction of sp³-hybridized carbons (Fsp3) is 0.333. The number of rotatable bonds is 3. The minimum absolute atomic E-state index is 0.0411. The quantitative estimate of drug-likeness (QED) is 0.912. The number of aromatic nitrogens is 3. The van der Waals surface area contributed by atoms with Crippen molar-refractivity contribution in [2.45, 2.75) is 25.9 Å². The first-order valence-electron chi connectivity index (χ1n) is 5.54. The van der Waals surface area contributed by atoms with Gasteiger partial charge in [-0.3, -0.25) is 0 Å². The summed E-state index contributed by atoms with van der Waals surface area (Å²) in [7, 11) is 0. The minimum Gasteiger partial charge on any atom is -0.384 e. The highest BCUT2D eigenvalue weighted by Crippen LogP contribution is 2.23. The molecule has 2 aromatic rings. The first-order valence-corrected chi connectivity index (χ1v) is 5.54. The van der Waals surface area contributed by atoms with E-state index in [2.05, 4.69) is 10.3 Å². The van der Waals surface area contributed by atoms with E-state index in [0.29, 0.717) is 12.1 Å². The van der Waals surface area contributed by atoms with Gasteiger partial charge in [-0.2, -0.15) is 0 Å². The molecule has 96 valence electrons. The molecular weight excluding hydrogens is 240 g/mol. The van der Waals surface area contributed by atoms with Gasteiger partial charge < -0.3 is 5.11 Å². The van der Waals surface area contributed by atoms with Crippen LogP contribution >= 0.6 is 0 Å². The molecule has 0 bridgehead atoms. The van der Waals surface area contributed by atoms with Crippen molar-refractivity contribution in [2.75, 3.05) is 0 Å². The van der Waals surface area contributed by atoms with Gasteiger partial charge in [0.15, 0.2) is 0 Å². The van der Waals surface area contributed by atoms with Crippen molar-refractivity contribution in [3.63, 3.8) is 0 Å². The average molecular weight is 253 g/mol. The number of benzene rings is 1. The van der Waals surface area contributed by atoms with Crippen molar-refractivity contribution in [2.24, 2.45) is 0 Å². The molecular formula is C12H13F2N3O. The van der Waals surface area contributed by atoms with Crippen LogP contribution in [0, 0.1) is 11.6 Å². The van der Waals surface area contributed by atoms with Gasteiger partial charge in [0.1, 0.15) is 28.6 Å². The summed E-state index contributed by atoms with van der Waals surface area (Å²) in [5.74, 6) is -1.17. The second-order valence-electron chi connectivity index (χ2n) is 4.27. The number of hydrogen-bond acceptors (Lipinski definition) is 3. The van der Waals surface area contributed by atoms with Gasteiger partial charge in [-0.1, -0.05) is 12.1 Å². The summed E-state index contributed by atoms with van der Waals surface area (Å²) in [6.45, 7) is 3.38. The van der Waals surface area contributed by atoms with Crippen LogP contribution in [0.2, 0.25) is 0 Å². The molecule has 0 radical (unpaired) electrons. The molecule has 0 saturated heterocycles. The maximum Gasteiger partial charge on any atom is 0.149 e. The first kappa shape index (κ1) is 12.6. The SMILES string of the molecule is CCC(C)(O)c1cn(-c2cc(F)ccc2F)nn1. The van der Waals surface area contributed by atoms with E-state index < -0.39 is 17.2 Å². The number of halogens is 2. The largest absolute Gasteiger partial charge is 0.384 e. The van der Waals surface area contributed by atoms with Crippen molar-refractivity contribution in [1.82, 2.24) is 15.0 Å². The fourth-order valence-corrected chi connectivity index (χ4v) is 1.47. The Hall–Kier alpha value is -1.82. The summed E-state index contributed by atoms with van der Waals surface area (Å²) in [4.78, 5) is 0. The number of nitrogens with zero attached hydrogens (tertiary/aromatic N) is 3. The molecule has 1 unspecified atom stereocenters. The Morgan fingerprint density at radius 2 is 2.11 bits per heavy atom. The lowest BCUT2D eigenvalue weighted by atomic mass is 10.0. The summed E-state index contributed by atoms with van der Waals surface area (Å²) >= 11 is 0. The van der Waals surface area contributed by atoms with E-state index >= 15 is 0 Å². The Labute approximate surface area is 103 Å². The first-order chi connectivity index (χ1) is 8.44. The van der Waals surface area contributed by atoms with Gasteiger partial charge in [-0.05, 0) is 25.5 Å². The van der Waals surface area contributed by atoms with Gasteiger partial charge in [0.25, 0.3) is 0 Å². The predicted molar refractivity (Wildman–Crippen MR) is 61.1 cm³/mol. The van der Waals surface area contributed by atoms with Crippen LogP contribution in [0.4, 0.5) is 8.78 Å². The zero-order valence-electron chi connectivity index (χ0n) is 10.1. The van der Waals surface area contributed by atoms with Crippen LogP contribution in [-0.4, -0.2) is 20.1 Å². The fourth-order valence-electron chi connectivity index (χ4n) is 1.47. The molecule has 1 heterocycles. The third kappa shape index (κ3) is 2.24. The monoisotopic (exact) mass is 253 g/mol. The zero-order chi connectivity index (χ0) is 13.3. The van der Waals surface area contributed by atoms with E-state index in [9.17, 15) is 13.9 Å². The maximum atomic E-state index is 13.5. The molecule has 2 rings (SSSR count). The van der Waals surface area contributed by atoms with Crippen molar-refractivity contribution < 1.29 is 13.9 Å². The Morgan fingerprint density at radius 1 is 1.39 bits per heavy atom. The molecule has 0 amide bonds. The molecule has 0 aliphatic heterocycles. The molecule has 0 fully saturated rings. The highest BCUT2D eigenvalue weighted by Gasteiger charge is 2.24. The van der Waals surface area contributed by atoms with E-state index in [0.717, 1.165) is 22.9 Å². The van der Waals surface area contributed by atoms with Crippen LogP contribution in [0.3, 0.4) is 0 Å². The molecule has 0 saturated carbocycles. The Kier molecular flexibility index (Phi) is 3.13. The summed E-state index contributed by atoms with van der Waals surface area (Å²) in [5.41, 5.74) is -0.864. The van der Waals surface area contributed by atoms with Gasteiger partial charge >= 0.3 is 0 Å². The van der Waals surface area contributed by atoms with E-state index in [1.165, 1.54) is 6.20 Å². The van der Waals surface area contributed by atoms with Crippen molar-refractivity contribution in [3.05, 3.63) is 41.7 Å². The number of hydrogen-bond donors (Lipinski definition) is 1. The molecule has 0 aliphatic rings. The molecule has 0 aliphatic carbocycles.